The van der Waals surface area contributed by atoms with Crippen LogP contribution in [0.25, 0.3) is 0 Å². The van der Waals surface area contributed by atoms with Crippen LogP contribution >= 0.6 is 0 Å². The first-order chi connectivity index (χ1) is 9.83. The van der Waals surface area contributed by atoms with Crippen molar-refractivity contribution in [1.29, 1.82) is 0 Å². The van der Waals surface area contributed by atoms with Crippen LogP contribution in [0, 0.1) is 5.92 Å². The summed E-state index contributed by atoms with van der Waals surface area (Å²) in [7, 11) is 0. The van der Waals surface area contributed by atoms with Crippen molar-refractivity contribution in [2.45, 2.75) is 19.8 Å². The number of hydrogen-bond acceptors (Lipinski definition) is 4. The molecular weight excluding hydrogens is 252 g/mol. The van der Waals surface area contributed by atoms with Gasteiger partial charge in [0.2, 0.25) is 0 Å². The lowest BCUT2D eigenvalue weighted by atomic mass is 9.96. The lowest BCUT2D eigenvalue weighted by Gasteiger charge is -2.35. The fraction of sp³-hybridized carbons (Fsp3) is 0.750. The SMILES string of the molecule is C[C@H]1C=C(N2CCOCC2)C=C(N2CCCOCC2)C1. The molecule has 2 saturated heterocycles. The second-order valence-corrected chi connectivity index (χ2v) is 5.96. The van der Waals surface area contributed by atoms with Gasteiger partial charge in [0.25, 0.3) is 0 Å². The van der Waals surface area contributed by atoms with Crippen LogP contribution in [-0.4, -0.2) is 62.4 Å². The zero-order valence-electron chi connectivity index (χ0n) is 12.5. The average molecular weight is 278 g/mol. The maximum atomic E-state index is 5.58. The Morgan fingerprint density at radius 3 is 2.45 bits per heavy atom. The van der Waals surface area contributed by atoms with E-state index >= 15 is 0 Å². The highest BCUT2D eigenvalue weighted by molar-refractivity contribution is 5.28. The summed E-state index contributed by atoms with van der Waals surface area (Å²) in [4.78, 5) is 4.99. The van der Waals surface area contributed by atoms with Gasteiger partial charge in [-0.2, -0.15) is 0 Å². The molecule has 4 nitrogen and oxygen atoms in total. The third kappa shape index (κ3) is 3.36. The van der Waals surface area contributed by atoms with Crippen molar-refractivity contribution in [1.82, 2.24) is 9.80 Å². The van der Waals surface area contributed by atoms with Crippen LogP contribution in [-0.2, 0) is 9.47 Å². The molecule has 20 heavy (non-hydrogen) atoms. The summed E-state index contributed by atoms with van der Waals surface area (Å²) in [6.07, 6.45) is 7.12. The van der Waals surface area contributed by atoms with Gasteiger partial charge in [0.15, 0.2) is 0 Å². The van der Waals surface area contributed by atoms with Crippen molar-refractivity contribution in [3.8, 4) is 0 Å². The normalized spacial score (nSPS) is 28.8. The Hall–Kier alpha value is -1.00. The standard InChI is InChI=1S/C16H26N2O2/c1-14-11-15(17-3-2-7-19-8-4-17)13-16(12-14)18-5-9-20-10-6-18/h12-14H,2-11H2,1H3/t14-/m1/s1. The minimum atomic E-state index is 0.622. The Morgan fingerprint density at radius 1 is 0.950 bits per heavy atom. The number of rotatable bonds is 2. The highest BCUT2D eigenvalue weighted by Crippen LogP contribution is 2.27. The molecule has 2 fully saturated rings. The van der Waals surface area contributed by atoms with Crippen molar-refractivity contribution in [2.24, 2.45) is 5.92 Å². The number of nitrogens with zero attached hydrogens (tertiary/aromatic N) is 2. The van der Waals surface area contributed by atoms with Gasteiger partial charge in [-0.25, -0.2) is 0 Å². The van der Waals surface area contributed by atoms with Crippen molar-refractivity contribution in [3.63, 3.8) is 0 Å². The highest BCUT2D eigenvalue weighted by Gasteiger charge is 2.21. The molecule has 1 atom stereocenters. The maximum absolute atomic E-state index is 5.58. The summed E-state index contributed by atoms with van der Waals surface area (Å²) in [5, 5.41) is 0. The molecule has 0 radical (unpaired) electrons. The molecule has 0 aromatic heterocycles. The van der Waals surface area contributed by atoms with Crippen molar-refractivity contribution in [2.75, 3.05) is 52.6 Å². The first-order valence-electron chi connectivity index (χ1n) is 7.91. The predicted molar refractivity (Wildman–Crippen MR) is 79.3 cm³/mol. The number of ether oxygens (including phenoxy) is 2. The highest BCUT2D eigenvalue weighted by atomic mass is 16.5. The quantitative estimate of drug-likeness (QED) is 0.769. The molecule has 2 heterocycles. The smallest absolute Gasteiger partial charge is 0.0642 e. The minimum absolute atomic E-state index is 0.622. The molecule has 1 aliphatic carbocycles. The van der Waals surface area contributed by atoms with Crippen molar-refractivity contribution < 1.29 is 9.47 Å². The van der Waals surface area contributed by atoms with Crippen LogP contribution in [0.1, 0.15) is 19.8 Å². The second-order valence-electron chi connectivity index (χ2n) is 5.96. The molecule has 0 spiro atoms. The molecule has 0 N–H and O–H groups in total. The van der Waals surface area contributed by atoms with E-state index in [0.29, 0.717) is 5.92 Å². The van der Waals surface area contributed by atoms with Gasteiger partial charge in [0.05, 0.1) is 19.8 Å². The number of hydrogen-bond donors (Lipinski definition) is 0. The van der Waals surface area contributed by atoms with Crippen molar-refractivity contribution in [3.05, 3.63) is 23.5 Å². The van der Waals surface area contributed by atoms with Crippen LogP contribution < -0.4 is 0 Å². The third-order valence-corrected chi connectivity index (χ3v) is 4.31. The van der Waals surface area contributed by atoms with E-state index in [9.17, 15) is 0 Å². The Balaban J connectivity index is 1.73. The molecule has 3 rings (SSSR count). The van der Waals surface area contributed by atoms with Gasteiger partial charge in [-0.1, -0.05) is 13.0 Å². The third-order valence-electron chi connectivity index (χ3n) is 4.31. The predicted octanol–water partition coefficient (Wildman–Crippen LogP) is 1.85. The Labute approximate surface area is 122 Å². The second kappa shape index (κ2) is 6.64. The van der Waals surface area contributed by atoms with Gasteiger partial charge in [0.1, 0.15) is 0 Å². The van der Waals surface area contributed by atoms with Crippen LogP contribution in [0.2, 0.25) is 0 Å². The zero-order valence-corrected chi connectivity index (χ0v) is 12.5. The Bertz CT molecular complexity index is 378. The first-order valence-corrected chi connectivity index (χ1v) is 7.91. The molecule has 0 unspecified atom stereocenters. The average Bonchev–Trinajstić information content (AvgIpc) is 2.77. The van der Waals surface area contributed by atoms with Crippen molar-refractivity contribution >= 4 is 0 Å². The zero-order chi connectivity index (χ0) is 13.8. The number of morpholine rings is 1. The van der Waals surface area contributed by atoms with Crippen LogP contribution in [0.3, 0.4) is 0 Å². The van der Waals surface area contributed by atoms with E-state index < -0.39 is 0 Å². The van der Waals surface area contributed by atoms with E-state index in [2.05, 4.69) is 28.9 Å². The van der Waals surface area contributed by atoms with Gasteiger partial charge in [-0.15, -0.1) is 0 Å². The topological polar surface area (TPSA) is 24.9 Å². The molecule has 0 saturated carbocycles. The summed E-state index contributed by atoms with van der Waals surface area (Å²) in [5.74, 6) is 0.622. The number of allylic oxidation sites excluding steroid dienone is 3. The summed E-state index contributed by atoms with van der Waals surface area (Å²) >= 11 is 0. The van der Waals surface area contributed by atoms with Gasteiger partial charge in [-0.3, -0.25) is 0 Å². The molecule has 112 valence electrons. The molecule has 0 aromatic rings. The molecule has 0 amide bonds. The summed E-state index contributed by atoms with van der Waals surface area (Å²) in [6, 6.07) is 0. The van der Waals surface area contributed by atoms with Gasteiger partial charge in [0, 0.05) is 44.2 Å². The Kier molecular flexibility index (Phi) is 4.63. The van der Waals surface area contributed by atoms with E-state index in [1.165, 1.54) is 11.4 Å². The molecule has 2 aliphatic heterocycles. The maximum Gasteiger partial charge on any atom is 0.0642 e. The lowest BCUT2D eigenvalue weighted by Crippen LogP contribution is -2.37. The van der Waals surface area contributed by atoms with E-state index in [1.807, 2.05) is 0 Å². The molecular formula is C16H26N2O2. The molecule has 0 aromatic carbocycles. The first kappa shape index (κ1) is 14.0. The fourth-order valence-corrected chi connectivity index (χ4v) is 3.23. The van der Waals surface area contributed by atoms with Gasteiger partial charge < -0.3 is 19.3 Å². The van der Waals surface area contributed by atoms with E-state index in [0.717, 1.165) is 65.4 Å². The van der Waals surface area contributed by atoms with E-state index in [1.54, 1.807) is 0 Å². The van der Waals surface area contributed by atoms with E-state index in [-0.39, 0.29) is 0 Å². The van der Waals surface area contributed by atoms with E-state index in [4.69, 9.17) is 9.47 Å². The van der Waals surface area contributed by atoms with Gasteiger partial charge in [-0.05, 0) is 24.8 Å². The summed E-state index contributed by atoms with van der Waals surface area (Å²) in [6.45, 7) is 10.0. The lowest BCUT2D eigenvalue weighted by molar-refractivity contribution is 0.0546. The minimum Gasteiger partial charge on any atom is -0.380 e. The molecule has 0 bridgehead atoms. The summed E-state index contributed by atoms with van der Waals surface area (Å²) < 4.78 is 11.0. The largest absolute Gasteiger partial charge is 0.380 e. The van der Waals surface area contributed by atoms with Gasteiger partial charge >= 0.3 is 0 Å². The monoisotopic (exact) mass is 278 g/mol. The fourth-order valence-electron chi connectivity index (χ4n) is 3.23. The summed E-state index contributed by atoms with van der Waals surface area (Å²) in [5.41, 5.74) is 2.89. The molecule has 3 aliphatic rings. The molecule has 4 heteroatoms. The van der Waals surface area contributed by atoms with Crippen LogP contribution in [0.5, 0.6) is 0 Å². The Morgan fingerprint density at radius 2 is 1.65 bits per heavy atom. The van der Waals surface area contributed by atoms with Crippen LogP contribution in [0.4, 0.5) is 0 Å². The van der Waals surface area contributed by atoms with Crippen LogP contribution in [0.15, 0.2) is 23.5 Å².